The van der Waals surface area contributed by atoms with Crippen LogP contribution in [0.25, 0.3) is 0 Å². The van der Waals surface area contributed by atoms with Crippen LogP contribution < -0.4 is 0 Å². The van der Waals surface area contributed by atoms with E-state index in [1.54, 1.807) is 5.56 Å². The molecule has 0 aromatic heterocycles. The van der Waals surface area contributed by atoms with E-state index in [4.69, 9.17) is 0 Å². The third-order valence-electron chi connectivity index (χ3n) is 7.02. The molecule has 0 saturated heterocycles. The molecule has 0 aliphatic heterocycles. The van der Waals surface area contributed by atoms with Crippen LogP contribution in [0.2, 0.25) is 0 Å². The maximum atomic E-state index is 2.44. The minimum Gasteiger partial charge on any atom is -0.0654 e. The van der Waals surface area contributed by atoms with Gasteiger partial charge in [0.2, 0.25) is 0 Å². The summed E-state index contributed by atoms with van der Waals surface area (Å²) in [5.41, 5.74) is 3.15. The number of aryl methyl sites for hydroxylation is 1. The topological polar surface area (TPSA) is 0 Å². The number of unbranched alkanes of at least 4 members (excludes halogenated alkanes) is 2. The zero-order chi connectivity index (χ0) is 16.8. The first-order valence-corrected chi connectivity index (χ1v) is 10.8. The third-order valence-corrected chi connectivity index (χ3v) is 7.02. The van der Waals surface area contributed by atoms with Crippen molar-refractivity contribution in [2.24, 2.45) is 17.8 Å². The lowest BCUT2D eigenvalue weighted by Crippen LogP contribution is -2.24. The molecule has 2 fully saturated rings. The first-order chi connectivity index (χ1) is 11.8. The largest absolute Gasteiger partial charge is 0.0654 e. The second kappa shape index (κ2) is 9.07. The second-order valence-electron chi connectivity index (χ2n) is 8.83. The van der Waals surface area contributed by atoms with Crippen LogP contribution in [-0.4, -0.2) is 0 Å². The van der Waals surface area contributed by atoms with Crippen LogP contribution >= 0.6 is 0 Å². The van der Waals surface area contributed by atoms with E-state index in [-0.39, 0.29) is 0 Å². The highest BCUT2D eigenvalue weighted by Crippen LogP contribution is 2.43. The summed E-state index contributed by atoms with van der Waals surface area (Å²) >= 11 is 0. The molecule has 0 heteroatoms. The average Bonchev–Trinajstić information content (AvgIpc) is 2.63. The fourth-order valence-electron chi connectivity index (χ4n) is 5.22. The summed E-state index contributed by atoms with van der Waals surface area (Å²) in [7, 11) is 0. The predicted octanol–water partition coefficient (Wildman–Crippen LogP) is 7.52. The van der Waals surface area contributed by atoms with E-state index in [0.29, 0.717) is 0 Å². The Kier molecular flexibility index (Phi) is 6.81. The quantitative estimate of drug-likeness (QED) is 0.474. The van der Waals surface area contributed by atoms with Gasteiger partial charge in [-0.3, -0.25) is 0 Å². The highest BCUT2D eigenvalue weighted by molar-refractivity contribution is 5.26. The van der Waals surface area contributed by atoms with Gasteiger partial charge in [-0.2, -0.15) is 0 Å². The molecule has 2 aliphatic carbocycles. The molecule has 0 N–H and O–H groups in total. The molecule has 0 bridgehead atoms. The van der Waals surface area contributed by atoms with Gasteiger partial charge in [0.15, 0.2) is 0 Å². The van der Waals surface area contributed by atoms with Crippen LogP contribution in [0.3, 0.4) is 0 Å². The standard InChI is InChI=1S/C24H38/c1-3-4-5-6-20-9-13-22(14-10-20)24-17-15-23(16-18-24)21-11-7-19(2)8-12-21/h9-10,13-14,19,21,23-24H,3-8,11-12,15-18H2,1-2H3. The zero-order valence-electron chi connectivity index (χ0n) is 16.1. The van der Waals surface area contributed by atoms with Crippen LogP contribution in [-0.2, 0) is 6.42 Å². The van der Waals surface area contributed by atoms with Crippen molar-refractivity contribution in [2.45, 2.75) is 96.8 Å². The molecule has 24 heavy (non-hydrogen) atoms. The lowest BCUT2D eigenvalue weighted by atomic mass is 9.68. The fraction of sp³-hybridized carbons (Fsp3) is 0.750. The minimum atomic E-state index is 0.841. The van der Waals surface area contributed by atoms with Crippen molar-refractivity contribution in [1.29, 1.82) is 0 Å². The lowest BCUT2D eigenvalue weighted by Gasteiger charge is -2.37. The van der Waals surface area contributed by atoms with Crippen LogP contribution in [0, 0.1) is 17.8 Å². The molecule has 0 heterocycles. The minimum absolute atomic E-state index is 0.841. The van der Waals surface area contributed by atoms with E-state index in [2.05, 4.69) is 38.1 Å². The summed E-state index contributed by atoms with van der Waals surface area (Å²) in [5, 5.41) is 0. The lowest BCUT2D eigenvalue weighted by molar-refractivity contribution is 0.165. The second-order valence-corrected chi connectivity index (χ2v) is 8.83. The van der Waals surface area contributed by atoms with Crippen molar-refractivity contribution in [2.75, 3.05) is 0 Å². The number of hydrogen-bond acceptors (Lipinski definition) is 0. The predicted molar refractivity (Wildman–Crippen MR) is 105 cm³/mol. The molecule has 1 aromatic carbocycles. The van der Waals surface area contributed by atoms with Crippen molar-refractivity contribution >= 4 is 0 Å². The first-order valence-electron chi connectivity index (χ1n) is 10.8. The van der Waals surface area contributed by atoms with Gasteiger partial charge in [0.25, 0.3) is 0 Å². The Bertz CT molecular complexity index is 455. The van der Waals surface area contributed by atoms with Gasteiger partial charge in [-0.25, -0.2) is 0 Å². The fourth-order valence-corrected chi connectivity index (χ4v) is 5.22. The summed E-state index contributed by atoms with van der Waals surface area (Å²) < 4.78 is 0. The SMILES string of the molecule is CCCCCc1ccc(C2CCC(C3CCC(C)CC3)CC2)cc1. The molecule has 2 saturated carbocycles. The maximum absolute atomic E-state index is 2.44. The summed E-state index contributed by atoms with van der Waals surface area (Å²) in [6.07, 6.45) is 17.2. The number of benzene rings is 1. The Labute approximate surface area is 150 Å². The van der Waals surface area contributed by atoms with Gasteiger partial charge in [0, 0.05) is 0 Å². The van der Waals surface area contributed by atoms with Crippen LogP contribution in [0.5, 0.6) is 0 Å². The molecular weight excluding hydrogens is 288 g/mol. The van der Waals surface area contributed by atoms with Gasteiger partial charge in [-0.1, -0.05) is 63.8 Å². The van der Waals surface area contributed by atoms with E-state index in [1.165, 1.54) is 82.6 Å². The van der Waals surface area contributed by atoms with Gasteiger partial charge < -0.3 is 0 Å². The van der Waals surface area contributed by atoms with Crippen molar-refractivity contribution in [1.82, 2.24) is 0 Å². The number of hydrogen-bond donors (Lipinski definition) is 0. The Morgan fingerprint density at radius 1 is 0.750 bits per heavy atom. The van der Waals surface area contributed by atoms with Crippen molar-refractivity contribution in [3.8, 4) is 0 Å². The molecule has 0 spiro atoms. The maximum Gasteiger partial charge on any atom is -0.0162 e. The molecule has 1 aromatic rings. The van der Waals surface area contributed by atoms with Crippen LogP contribution in [0.4, 0.5) is 0 Å². The van der Waals surface area contributed by atoms with E-state index in [0.717, 1.165) is 23.7 Å². The molecular formula is C24H38. The first kappa shape index (κ1) is 18.0. The van der Waals surface area contributed by atoms with Gasteiger partial charge in [0.05, 0.1) is 0 Å². The van der Waals surface area contributed by atoms with E-state index < -0.39 is 0 Å². The smallest absolute Gasteiger partial charge is 0.0162 e. The summed E-state index contributed by atoms with van der Waals surface area (Å²) in [6.45, 7) is 4.73. The van der Waals surface area contributed by atoms with Gasteiger partial charge >= 0.3 is 0 Å². The van der Waals surface area contributed by atoms with Crippen molar-refractivity contribution < 1.29 is 0 Å². The van der Waals surface area contributed by atoms with Gasteiger partial charge in [0.1, 0.15) is 0 Å². The molecule has 0 amide bonds. The van der Waals surface area contributed by atoms with E-state index >= 15 is 0 Å². The summed E-state index contributed by atoms with van der Waals surface area (Å²) in [6, 6.07) is 9.68. The highest BCUT2D eigenvalue weighted by atomic mass is 14.4. The summed E-state index contributed by atoms with van der Waals surface area (Å²) in [5.74, 6) is 3.94. The average molecular weight is 327 g/mol. The zero-order valence-corrected chi connectivity index (χ0v) is 16.1. The molecule has 0 unspecified atom stereocenters. The van der Waals surface area contributed by atoms with E-state index in [1.807, 2.05) is 0 Å². The van der Waals surface area contributed by atoms with Crippen molar-refractivity contribution in [3.63, 3.8) is 0 Å². The molecule has 0 nitrogen and oxygen atoms in total. The van der Waals surface area contributed by atoms with Crippen LogP contribution in [0.1, 0.15) is 102 Å². The van der Waals surface area contributed by atoms with E-state index in [9.17, 15) is 0 Å². The Morgan fingerprint density at radius 3 is 1.92 bits per heavy atom. The number of rotatable bonds is 6. The monoisotopic (exact) mass is 326 g/mol. The molecule has 2 aliphatic rings. The van der Waals surface area contributed by atoms with Gasteiger partial charge in [-0.05, 0) is 86.2 Å². The third kappa shape index (κ3) is 4.87. The van der Waals surface area contributed by atoms with Crippen molar-refractivity contribution in [3.05, 3.63) is 35.4 Å². The molecule has 0 radical (unpaired) electrons. The van der Waals surface area contributed by atoms with Gasteiger partial charge in [-0.15, -0.1) is 0 Å². The highest BCUT2D eigenvalue weighted by Gasteiger charge is 2.30. The molecule has 0 atom stereocenters. The Hall–Kier alpha value is -0.780. The molecule has 3 rings (SSSR count). The molecule has 134 valence electrons. The summed E-state index contributed by atoms with van der Waals surface area (Å²) in [4.78, 5) is 0. The van der Waals surface area contributed by atoms with Crippen LogP contribution in [0.15, 0.2) is 24.3 Å². The Morgan fingerprint density at radius 2 is 1.33 bits per heavy atom. The normalized spacial score (nSPS) is 31.1. The Balaban J connectivity index is 1.46.